The number of oxime groups is 1. The van der Waals surface area contributed by atoms with Crippen LogP contribution in [0.5, 0.6) is 11.5 Å². The summed E-state index contributed by atoms with van der Waals surface area (Å²) in [5, 5.41) is 4.68. The molecule has 2 aromatic carbocycles. The van der Waals surface area contributed by atoms with Crippen molar-refractivity contribution in [1.82, 2.24) is 14.5 Å². The number of benzene rings is 2. The van der Waals surface area contributed by atoms with Crippen LogP contribution in [0.3, 0.4) is 0 Å². The van der Waals surface area contributed by atoms with Gasteiger partial charge in [0, 0.05) is 35.7 Å². The van der Waals surface area contributed by atoms with Crippen LogP contribution >= 0.6 is 11.8 Å². The normalized spacial score (nSPS) is 23.1. The summed E-state index contributed by atoms with van der Waals surface area (Å²) in [6, 6.07) is 11.1. The van der Waals surface area contributed by atoms with E-state index in [4.69, 9.17) is 14.3 Å². The molecule has 2 unspecified atom stereocenters. The van der Waals surface area contributed by atoms with Crippen LogP contribution in [-0.4, -0.2) is 52.4 Å². The van der Waals surface area contributed by atoms with E-state index < -0.39 is 5.54 Å². The minimum Gasteiger partial charge on any atom is -0.495 e. The standard InChI is InChI=1S/C26H27FN4O3S/c1-17-14-30(16-28-17)21-8-6-19(13-23(21)32-2)35-24-4-3-10-31-25(24)29-34-15-26(31)9-11-33-22-12-18(27)5-7-20(22)26/h5-8,12-14,16,24H,3-4,9-11,15H2,1-2H3. The van der Waals surface area contributed by atoms with E-state index in [0.29, 0.717) is 19.0 Å². The molecular formula is C26H27FN4O3S. The zero-order valence-corrected chi connectivity index (χ0v) is 20.6. The van der Waals surface area contributed by atoms with Crippen LogP contribution in [-0.2, 0) is 10.4 Å². The number of piperidine rings is 1. The molecule has 2 atom stereocenters. The van der Waals surface area contributed by atoms with Crippen molar-refractivity contribution in [2.75, 3.05) is 26.9 Å². The van der Waals surface area contributed by atoms with Gasteiger partial charge in [0.1, 0.15) is 29.5 Å². The second-order valence-electron chi connectivity index (χ2n) is 9.15. The number of methoxy groups -OCH3 is 1. The molecule has 1 aromatic heterocycles. The predicted molar refractivity (Wildman–Crippen MR) is 132 cm³/mol. The number of nitrogens with zero attached hydrogens (tertiary/aromatic N) is 4. The minimum absolute atomic E-state index is 0.138. The van der Waals surface area contributed by atoms with E-state index in [2.05, 4.69) is 33.2 Å². The molecule has 9 heteroatoms. The Morgan fingerprint density at radius 1 is 1.23 bits per heavy atom. The largest absolute Gasteiger partial charge is 0.495 e. The topological polar surface area (TPSA) is 61.1 Å². The Balaban J connectivity index is 1.30. The molecular weight excluding hydrogens is 467 g/mol. The number of ether oxygens (including phenoxy) is 2. The Morgan fingerprint density at radius 3 is 2.97 bits per heavy atom. The van der Waals surface area contributed by atoms with Crippen molar-refractivity contribution in [3.8, 4) is 17.2 Å². The maximum Gasteiger partial charge on any atom is 0.158 e. The van der Waals surface area contributed by atoms with Crippen LogP contribution in [0.4, 0.5) is 4.39 Å². The fourth-order valence-electron chi connectivity index (χ4n) is 5.34. The van der Waals surface area contributed by atoms with Gasteiger partial charge >= 0.3 is 0 Å². The average molecular weight is 495 g/mol. The van der Waals surface area contributed by atoms with Gasteiger partial charge in [0.15, 0.2) is 5.84 Å². The molecule has 1 spiro atoms. The summed E-state index contributed by atoms with van der Waals surface area (Å²) >= 11 is 1.77. The van der Waals surface area contributed by atoms with Crippen LogP contribution in [0.15, 0.2) is 59.0 Å². The minimum atomic E-state index is -0.390. The summed E-state index contributed by atoms with van der Waals surface area (Å²) in [5.41, 5.74) is 2.49. The number of aryl methyl sites for hydroxylation is 1. The van der Waals surface area contributed by atoms with Gasteiger partial charge in [0.25, 0.3) is 0 Å². The van der Waals surface area contributed by atoms with Crippen molar-refractivity contribution in [1.29, 1.82) is 0 Å². The Kier molecular flexibility index (Phi) is 5.59. The summed E-state index contributed by atoms with van der Waals surface area (Å²) in [6.07, 6.45) is 6.59. The number of rotatable bonds is 4. The van der Waals surface area contributed by atoms with Gasteiger partial charge in [0.2, 0.25) is 0 Å². The lowest BCUT2D eigenvalue weighted by Gasteiger charge is -2.52. The fraction of sp³-hybridized carbons (Fsp3) is 0.385. The van der Waals surface area contributed by atoms with Crippen molar-refractivity contribution in [2.24, 2.45) is 5.16 Å². The molecule has 3 aliphatic rings. The van der Waals surface area contributed by atoms with E-state index in [1.807, 2.05) is 23.8 Å². The number of fused-ring (bicyclic) bond motifs is 4. The molecule has 1 fully saturated rings. The molecule has 3 aromatic rings. The molecule has 0 bridgehead atoms. The number of hydrogen-bond donors (Lipinski definition) is 0. The highest BCUT2D eigenvalue weighted by molar-refractivity contribution is 8.00. The van der Waals surface area contributed by atoms with Crippen LogP contribution < -0.4 is 9.47 Å². The molecule has 0 aliphatic carbocycles. The number of halogens is 1. The monoisotopic (exact) mass is 494 g/mol. The van der Waals surface area contributed by atoms with E-state index in [-0.39, 0.29) is 11.1 Å². The van der Waals surface area contributed by atoms with Crippen LogP contribution in [0.2, 0.25) is 0 Å². The first-order chi connectivity index (χ1) is 17.1. The molecule has 4 heterocycles. The number of thioether (sulfide) groups is 1. The third-order valence-electron chi connectivity index (χ3n) is 7.03. The number of imidazole rings is 1. The third kappa shape index (κ3) is 3.82. The molecule has 6 rings (SSSR count). The van der Waals surface area contributed by atoms with Gasteiger partial charge in [-0.3, -0.25) is 0 Å². The van der Waals surface area contributed by atoms with Crippen molar-refractivity contribution in [3.05, 3.63) is 66.0 Å². The van der Waals surface area contributed by atoms with Crippen LogP contribution in [0.1, 0.15) is 30.5 Å². The molecule has 35 heavy (non-hydrogen) atoms. The van der Waals surface area contributed by atoms with Crippen LogP contribution in [0.25, 0.3) is 5.69 Å². The zero-order valence-electron chi connectivity index (χ0n) is 19.7. The molecule has 0 saturated carbocycles. The van der Waals surface area contributed by atoms with Crippen molar-refractivity contribution < 1.29 is 18.7 Å². The molecule has 0 amide bonds. The smallest absolute Gasteiger partial charge is 0.158 e. The van der Waals surface area contributed by atoms with Gasteiger partial charge < -0.3 is 23.8 Å². The first-order valence-corrected chi connectivity index (χ1v) is 12.7. The van der Waals surface area contributed by atoms with E-state index in [1.165, 1.54) is 12.1 Å². The molecule has 0 radical (unpaired) electrons. The zero-order chi connectivity index (χ0) is 24.0. The van der Waals surface area contributed by atoms with E-state index in [0.717, 1.165) is 59.2 Å². The van der Waals surface area contributed by atoms with Gasteiger partial charge in [-0.15, -0.1) is 11.8 Å². The van der Waals surface area contributed by atoms with Gasteiger partial charge in [-0.05, 0) is 50.1 Å². The maximum atomic E-state index is 13.9. The van der Waals surface area contributed by atoms with Crippen LogP contribution in [0, 0.1) is 12.7 Å². The molecule has 3 aliphatic heterocycles. The molecule has 1 saturated heterocycles. The highest BCUT2D eigenvalue weighted by Gasteiger charge is 2.50. The van der Waals surface area contributed by atoms with E-state index in [1.54, 1.807) is 25.2 Å². The lowest BCUT2D eigenvalue weighted by Crippen LogP contribution is -2.60. The second-order valence-corrected chi connectivity index (χ2v) is 10.4. The second kappa shape index (κ2) is 8.78. The Bertz CT molecular complexity index is 1300. The quantitative estimate of drug-likeness (QED) is 0.514. The average Bonchev–Trinajstić information content (AvgIpc) is 3.30. The summed E-state index contributed by atoms with van der Waals surface area (Å²) in [7, 11) is 1.69. The van der Waals surface area contributed by atoms with Gasteiger partial charge in [-0.25, -0.2) is 9.37 Å². The van der Waals surface area contributed by atoms with Crippen molar-refractivity contribution in [2.45, 2.75) is 41.9 Å². The van der Waals surface area contributed by atoms with E-state index >= 15 is 0 Å². The highest BCUT2D eigenvalue weighted by atomic mass is 32.2. The predicted octanol–water partition coefficient (Wildman–Crippen LogP) is 4.91. The maximum absolute atomic E-state index is 13.9. The lowest BCUT2D eigenvalue weighted by atomic mass is 9.81. The Hall–Kier alpha value is -3.20. The highest BCUT2D eigenvalue weighted by Crippen LogP contribution is 2.47. The molecule has 7 nitrogen and oxygen atoms in total. The summed E-state index contributed by atoms with van der Waals surface area (Å²) in [5.74, 6) is 2.05. The number of amidine groups is 1. The fourth-order valence-corrected chi connectivity index (χ4v) is 6.56. The third-order valence-corrected chi connectivity index (χ3v) is 8.29. The van der Waals surface area contributed by atoms with Gasteiger partial charge in [-0.2, -0.15) is 0 Å². The lowest BCUT2D eigenvalue weighted by molar-refractivity contribution is -0.0319. The van der Waals surface area contributed by atoms with Crippen molar-refractivity contribution >= 4 is 17.6 Å². The Morgan fingerprint density at radius 2 is 2.14 bits per heavy atom. The first kappa shape index (κ1) is 22.3. The summed E-state index contributed by atoms with van der Waals surface area (Å²) in [4.78, 5) is 13.7. The SMILES string of the molecule is COc1cc(SC2CCCN3C2=NOCC32CCOc3cc(F)ccc32)ccc1-n1cnc(C)c1. The Labute approximate surface area is 207 Å². The molecule has 0 N–H and O–H groups in total. The molecule has 182 valence electrons. The number of hydrogen-bond acceptors (Lipinski definition) is 7. The summed E-state index contributed by atoms with van der Waals surface area (Å²) < 4.78 is 27.4. The van der Waals surface area contributed by atoms with Crippen molar-refractivity contribution in [3.63, 3.8) is 0 Å². The summed E-state index contributed by atoms with van der Waals surface area (Å²) in [6.45, 7) is 3.81. The van der Waals surface area contributed by atoms with Gasteiger partial charge in [-0.1, -0.05) is 5.16 Å². The number of aromatic nitrogens is 2. The first-order valence-electron chi connectivity index (χ1n) is 11.8. The van der Waals surface area contributed by atoms with Gasteiger partial charge in [0.05, 0.1) is 36.7 Å². The van der Waals surface area contributed by atoms with E-state index in [9.17, 15) is 4.39 Å².